The van der Waals surface area contributed by atoms with Crippen molar-refractivity contribution in [1.82, 2.24) is 24.3 Å². The molecular weight excluding hydrogens is 250 g/mol. The molecule has 0 aromatic carbocycles. The lowest BCUT2D eigenvalue weighted by molar-refractivity contribution is 0.708. The van der Waals surface area contributed by atoms with Crippen LogP contribution >= 0.6 is 0 Å². The van der Waals surface area contributed by atoms with Gasteiger partial charge in [0.2, 0.25) is 0 Å². The maximum atomic E-state index is 4.59. The van der Waals surface area contributed by atoms with E-state index in [9.17, 15) is 0 Å². The molecule has 0 unspecified atom stereocenters. The summed E-state index contributed by atoms with van der Waals surface area (Å²) in [6.45, 7) is 4.85. The van der Waals surface area contributed by atoms with E-state index in [2.05, 4.69) is 39.2 Å². The molecule has 0 saturated carbocycles. The highest BCUT2D eigenvalue weighted by Crippen LogP contribution is 2.07. The number of likely N-dealkylation sites (N-methyl/N-ethyl adjacent to an activating group) is 1. The minimum atomic E-state index is 0.760. The lowest BCUT2D eigenvalue weighted by Crippen LogP contribution is -2.16. The van der Waals surface area contributed by atoms with Crippen molar-refractivity contribution in [1.29, 1.82) is 0 Å². The Morgan fingerprint density at radius 1 is 1.20 bits per heavy atom. The molecule has 1 N–H and O–H groups in total. The van der Waals surface area contributed by atoms with Gasteiger partial charge in [-0.25, -0.2) is 9.97 Å². The molecule has 0 saturated heterocycles. The van der Waals surface area contributed by atoms with E-state index in [-0.39, 0.29) is 0 Å². The second-order valence-electron chi connectivity index (χ2n) is 4.84. The van der Waals surface area contributed by atoms with Crippen molar-refractivity contribution in [2.75, 3.05) is 13.1 Å². The lowest BCUT2D eigenvalue weighted by atomic mass is 10.3. The fourth-order valence-corrected chi connectivity index (χ4v) is 2.27. The summed E-state index contributed by atoms with van der Waals surface area (Å²) < 4.78 is 4.13. The third kappa shape index (κ3) is 2.88. The van der Waals surface area contributed by atoms with Crippen LogP contribution in [0.25, 0.3) is 5.65 Å². The summed E-state index contributed by atoms with van der Waals surface area (Å²) in [6, 6.07) is 6.02. The maximum Gasteiger partial charge on any atom is 0.137 e. The van der Waals surface area contributed by atoms with Gasteiger partial charge in [-0.05, 0) is 18.7 Å². The first kappa shape index (κ1) is 12.9. The van der Waals surface area contributed by atoms with Crippen molar-refractivity contribution < 1.29 is 0 Å². The van der Waals surface area contributed by atoms with Crippen molar-refractivity contribution in [3.05, 3.63) is 54.5 Å². The van der Waals surface area contributed by atoms with E-state index in [0.717, 1.165) is 43.1 Å². The Morgan fingerprint density at radius 3 is 3.00 bits per heavy atom. The van der Waals surface area contributed by atoms with Gasteiger partial charge in [0.25, 0.3) is 0 Å². The molecule has 0 amide bonds. The summed E-state index contributed by atoms with van der Waals surface area (Å²) in [5, 5.41) is 3.31. The van der Waals surface area contributed by atoms with E-state index in [1.165, 1.54) is 0 Å². The van der Waals surface area contributed by atoms with Gasteiger partial charge in [-0.2, -0.15) is 0 Å². The summed E-state index contributed by atoms with van der Waals surface area (Å²) in [4.78, 5) is 9.02. The first-order chi connectivity index (χ1) is 9.85. The van der Waals surface area contributed by atoms with E-state index in [4.69, 9.17) is 0 Å². The third-order valence-corrected chi connectivity index (χ3v) is 3.25. The van der Waals surface area contributed by atoms with Crippen molar-refractivity contribution in [2.24, 2.45) is 0 Å². The Morgan fingerprint density at radius 2 is 2.15 bits per heavy atom. The second-order valence-corrected chi connectivity index (χ2v) is 4.84. The Labute approximate surface area is 118 Å². The number of pyridine rings is 1. The predicted octanol–water partition coefficient (Wildman–Crippen LogP) is 1.73. The van der Waals surface area contributed by atoms with Crippen molar-refractivity contribution in [3.63, 3.8) is 0 Å². The molecule has 0 aliphatic rings. The molecule has 0 aliphatic heterocycles. The van der Waals surface area contributed by atoms with Gasteiger partial charge in [0.15, 0.2) is 0 Å². The standard InChI is InChI=1S/C15H19N5/c1-2-16-7-6-13-9-19(12-17-13)10-14-11-20-8-4-3-5-15(20)18-14/h3-5,8-9,11-12,16H,2,6-7,10H2,1H3. The number of nitrogens with one attached hydrogen (secondary N) is 1. The van der Waals surface area contributed by atoms with E-state index in [0.29, 0.717) is 0 Å². The first-order valence-electron chi connectivity index (χ1n) is 6.99. The van der Waals surface area contributed by atoms with Gasteiger partial charge in [0.1, 0.15) is 5.65 Å². The average molecular weight is 269 g/mol. The highest BCUT2D eigenvalue weighted by atomic mass is 15.1. The van der Waals surface area contributed by atoms with Gasteiger partial charge in [-0.3, -0.25) is 0 Å². The Kier molecular flexibility index (Phi) is 3.78. The molecule has 3 aromatic rings. The van der Waals surface area contributed by atoms with Crippen LogP contribution < -0.4 is 5.32 Å². The summed E-state index contributed by atoms with van der Waals surface area (Å²) in [7, 11) is 0. The summed E-state index contributed by atoms with van der Waals surface area (Å²) >= 11 is 0. The van der Waals surface area contributed by atoms with Gasteiger partial charge < -0.3 is 14.3 Å². The molecule has 0 atom stereocenters. The van der Waals surface area contributed by atoms with Crippen LogP contribution in [-0.2, 0) is 13.0 Å². The topological polar surface area (TPSA) is 47.2 Å². The summed E-state index contributed by atoms with van der Waals surface area (Å²) in [5.74, 6) is 0. The molecule has 3 aromatic heterocycles. The smallest absolute Gasteiger partial charge is 0.137 e. The largest absolute Gasteiger partial charge is 0.331 e. The van der Waals surface area contributed by atoms with Crippen LogP contribution in [0.2, 0.25) is 0 Å². The van der Waals surface area contributed by atoms with Crippen molar-refractivity contribution >= 4 is 5.65 Å². The second kappa shape index (κ2) is 5.88. The number of hydrogen-bond donors (Lipinski definition) is 1. The van der Waals surface area contributed by atoms with Crippen LogP contribution in [-0.4, -0.2) is 32.0 Å². The number of fused-ring (bicyclic) bond motifs is 1. The third-order valence-electron chi connectivity index (χ3n) is 3.25. The van der Waals surface area contributed by atoms with Crippen molar-refractivity contribution in [2.45, 2.75) is 19.9 Å². The molecule has 0 aliphatic carbocycles. The van der Waals surface area contributed by atoms with E-state index in [1.807, 2.05) is 35.1 Å². The first-order valence-corrected chi connectivity index (χ1v) is 6.99. The number of rotatable bonds is 6. The number of nitrogens with zero attached hydrogens (tertiary/aromatic N) is 4. The highest BCUT2D eigenvalue weighted by molar-refractivity contribution is 5.39. The Bertz CT molecular complexity index is 649. The molecule has 0 spiro atoms. The average Bonchev–Trinajstić information content (AvgIpc) is 3.05. The molecule has 3 heterocycles. The van der Waals surface area contributed by atoms with Gasteiger partial charge in [0.05, 0.1) is 24.3 Å². The van der Waals surface area contributed by atoms with E-state index < -0.39 is 0 Å². The van der Waals surface area contributed by atoms with Gasteiger partial charge >= 0.3 is 0 Å². The molecule has 0 fully saturated rings. The molecule has 104 valence electrons. The molecule has 5 heteroatoms. The molecule has 0 bridgehead atoms. The zero-order valence-electron chi connectivity index (χ0n) is 11.7. The van der Waals surface area contributed by atoms with Crippen molar-refractivity contribution in [3.8, 4) is 0 Å². The van der Waals surface area contributed by atoms with Gasteiger partial charge in [-0.15, -0.1) is 0 Å². The van der Waals surface area contributed by atoms with Crippen LogP contribution in [0.15, 0.2) is 43.1 Å². The zero-order chi connectivity index (χ0) is 13.8. The number of imidazole rings is 2. The van der Waals surface area contributed by atoms with Gasteiger partial charge in [0, 0.05) is 31.6 Å². The SMILES string of the molecule is CCNCCc1cn(Cc2cn3ccccc3n2)cn1. The van der Waals surface area contributed by atoms with Crippen LogP contribution in [0.5, 0.6) is 0 Å². The quantitative estimate of drug-likeness (QED) is 0.693. The fourth-order valence-electron chi connectivity index (χ4n) is 2.27. The van der Waals surface area contributed by atoms with E-state index >= 15 is 0 Å². The zero-order valence-corrected chi connectivity index (χ0v) is 11.7. The number of aromatic nitrogens is 4. The normalized spacial score (nSPS) is 11.2. The predicted molar refractivity (Wildman–Crippen MR) is 78.8 cm³/mol. The highest BCUT2D eigenvalue weighted by Gasteiger charge is 2.03. The van der Waals surface area contributed by atoms with Crippen LogP contribution in [0.3, 0.4) is 0 Å². The van der Waals surface area contributed by atoms with Crippen LogP contribution in [0.4, 0.5) is 0 Å². The lowest BCUT2D eigenvalue weighted by Gasteiger charge is -1.98. The van der Waals surface area contributed by atoms with E-state index in [1.54, 1.807) is 0 Å². The Balaban J connectivity index is 1.68. The Hall–Kier alpha value is -2.14. The summed E-state index contributed by atoms with van der Waals surface area (Å²) in [6.07, 6.45) is 9.02. The minimum absolute atomic E-state index is 0.760. The molecule has 3 rings (SSSR count). The molecule has 5 nitrogen and oxygen atoms in total. The summed E-state index contributed by atoms with van der Waals surface area (Å²) in [5.41, 5.74) is 3.15. The molecular formula is C15H19N5. The fraction of sp³-hybridized carbons (Fsp3) is 0.333. The molecule has 0 radical (unpaired) electrons. The minimum Gasteiger partial charge on any atom is -0.331 e. The van der Waals surface area contributed by atoms with Crippen LogP contribution in [0, 0.1) is 0 Å². The van der Waals surface area contributed by atoms with Gasteiger partial charge in [-0.1, -0.05) is 13.0 Å². The monoisotopic (exact) mass is 269 g/mol. The maximum absolute atomic E-state index is 4.59. The molecule has 20 heavy (non-hydrogen) atoms. The van der Waals surface area contributed by atoms with Crippen LogP contribution in [0.1, 0.15) is 18.3 Å². The number of hydrogen-bond acceptors (Lipinski definition) is 3.